The number of ether oxygens (including phenoxy) is 2. The topological polar surface area (TPSA) is 117 Å². The normalized spacial score (nSPS) is 13.7. The van der Waals surface area contributed by atoms with Crippen LogP contribution < -0.4 is 5.73 Å². The Morgan fingerprint density at radius 3 is 1.47 bits per heavy atom. The molecule has 0 aliphatic rings. The third kappa shape index (κ3) is 32.7. The largest absolute Gasteiger partial charge is 0.472 e. The van der Waals surface area contributed by atoms with Crippen molar-refractivity contribution < 1.29 is 32.8 Å². The molecular weight excluding hydrogens is 565 g/mol. The monoisotopic (exact) mass is 635 g/mol. The van der Waals surface area contributed by atoms with Gasteiger partial charge in [0.25, 0.3) is 0 Å². The fraction of sp³-hybridized carbons (Fsp3) is 0.971. The molecule has 0 aliphatic heterocycles. The van der Waals surface area contributed by atoms with Crippen molar-refractivity contribution in [2.45, 2.75) is 180 Å². The van der Waals surface area contributed by atoms with Gasteiger partial charge in [-0.25, -0.2) is 4.57 Å². The number of phosphoric acid groups is 1. The molecule has 0 spiro atoms. The Morgan fingerprint density at radius 2 is 1.02 bits per heavy atom. The summed E-state index contributed by atoms with van der Waals surface area (Å²) in [5.41, 5.74) is 5.34. The first-order valence-corrected chi connectivity index (χ1v) is 19.5. The van der Waals surface area contributed by atoms with Crippen LogP contribution in [0.3, 0.4) is 0 Å². The molecule has 8 nitrogen and oxygen atoms in total. The summed E-state index contributed by atoms with van der Waals surface area (Å²) in [5, 5.41) is 0. The van der Waals surface area contributed by atoms with E-state index in [9.17, 15) is 14.3 Å². The Balaban J connectivity index is 4.04. The van der Waals surface area contributed by atoms with Crippen molar-refractivity contribution in [2.24, 2.45) is 5.73 Å². The summed E-state index contributed by atoms with van der Waals surface area (Å²) in [4.78, 5) is 22.3. The molecule has 0 fully saturated rings. The highest BCUT2D eigenvalue weighted by atomic mass is 31.2. The number of esters is 1. The van der Waals surface area contributed by atoms with Gasteiger partial charge >= 0.3 is 13.8 Å². The molecule has 0 rings (SSSR count). The third-order valence-corrected chi connectivity index (χ3v) is 8.76. The van der Waals surface area contributed by atoms with Crippen LogP contribution in [0.2, 0.25) is 0 Å². The molecule has 0 radical (unpaired) electrons. The van der Waals surface area contributed by atoms with Gasteiger partial charge in [0.05, 0.1) is 19.8 Å². The maximum atomic E-state index is 12.5. The van der Waals surface area contributed by atoms with E-state index in [4.69, 9.17) is 24.3 Å². The second-order valence-electron chi connectivity index (χ2n) is 12.1. The van der Waals surface area contributed by atoms with Crippen LogP contribution in [-0.4, -0.2) is 49.9 Å². The zero-order valence-electron chi connectivity index (χ0n) is 28.2. The van der Waals surface area contributed by atoms with Crippen molar-refractivity contribution in [3.63, 3.8) is 0 Å². The number of carbonyl (C=O) groups is 1. The number of rotatable bonds is 35. The van der Waals surface area contributed by atoms with Gasteiger partial charge in [-0.1, -0.05) is 155 Å². The number of nitrogens with two attached hydrogens (primary N) is 1. The van der Waals surface area contributed by atoms with Crippen LogP contribution in [0.25, 0.3) is 0 Å². The van der Waals surface area contributed by atoms with Gasteiger partial charge in [-0.2, -0.15) is 0 Å². The predicted molar refractivity (Wildman–Crippen MR) is 178 cm³/mol. The lowest BCUT2D eigenvalue weighted by molar-refractivity contribution is -0.154. The average Bonchev–Trinajstić information content (AvgIpc) is 2.99. The summed E-state index contributed by atoms with van der Waals surface area (Å²) < 4.78 is 33.2. The molecule has 0 amide bonds. The van der Waals surface area contributed by atoms with E-state index < -0.39 is 13.9 Å². The Morgan fingerprint density at radius 1 is 0.605 bits per heavy atom. The van der Waals surface area contributed by atoms with E-state index in [-0.39, 0.29) is 32.3 Å². The van der Waals surface area contributed by atoms with Crippen LogP contribution in [0, 0.1) is 0 Å². The minimum absolute atomic E-state index is 0.0907. The van der Waals surface area contributed by atoms with Gasteiger partial charge in [-0.05, 0) is 12.8 Å². The number of phosphoric ester groups is 1. The first-order chi connectivity index (χ1) is 20.9. The minimum atomic E-state index is -4.25. The van der Waals surface area contributed by atoms with Crippen LogP contribution in [0.1, 0.15) is 174 Å². The molecule has 0 aromatic carbocycles. The van der Waals surface area contributed by atoms with Gasteiger partial charge < -0.3 is 20.1 Å². The smallest absolute Gasteiger partial charge is 0.457 e. The molecule has 0 aromatic heterocycles. The molecular formula is C34H70NO7P. The molecule has 0 saturated heterocycles. The Hall–Kier alpha value is -0.500. The molecule has 2 atom stereocenters. The summed E-state index contributed by atoms with van der Waals surface area (Å²) in [6.07, 6.45) is 29.7. The fourth-order valence-electron chi connectivity index (χ4n) is 5.11. The Kier molecular flexibility index (Phi) is 32.5. The van der Waals surface area contributed by atoms with E-state index in [1.807, 2.05) is 0 Å². The molecule has 9 heteroatoms. The van der Waals surface area contributed by atoms with Crippen LogP contribution in [-0.2, 0) is 27.9 Å². The summed E-state index contributed by atoms with van der Waals surface area (Å²) in [5.74, 6) is -0.328. The Bertz CT molecular complexity index is 638. The van der Waals surface area contributed by atoms with Crippen LogP contribution >= 0.6 is 7.82 Å². The summed E-state index contributed by atoms with van der Waals surface area (Å²) in [6.45, 7) is 4.93. The molecule has 258 valence electrons. The lowest BCUT2D eigenvalue weighted by Crippen LogP contribution is -2.28. The van der Waals surface area contributed by atoms with Gasteiger partial charge in [0.2, 0.25) is 0 Å². The number of hydrogen-bond acceptors (Lipinski definition) is 7. The minimum Gasteiger partial charge on any atom is -0.457 e. The molecule has 0 heterocycles. The fourth-order valence-corrected chi connectivity index (χ4v) is 5.88. The molecule has 3 N–H and O–H groups in total. The van der Waals surface area contributed by atoms with E-state index in [0.717, 1.165) is 32.1 Å². The van der Waals surface area contributed by atoms with Crippen molar-refractivity contribution in [3.8, 4) is 0 Å². The van der Waals surface area contributed by atoms with Gasteiger partial charge in [-0.3, -0.25) is 13.8 Å². The van der Waals surface area contributed by atoms with Crippen LogP contribution in [0.15, 0.2) is 0 Å². The molecule has 0 aliphatic carbocycles. The number of unbranched alkanes of at least 4 members (excludes halogenated alkanes) is 22. The zero-order chi connectivity index (χ0) is 31.7. The summed E-state index contributed by atoms with van der Waals surface area (Å²) >= 11 is 0. The highest BCUT2D eigenvalue weighted by molar-refractivity contribution is 7.47. The third-order valence-electron chi connectivity index (χ3n) is 7.77. The first-order valence-electron chi connectivity index (χ1n) is 18.0. The second-order valence-corrected chi connectivity index (χ2v) is 13.6. The lowest BCUT2D eigenvalue weighted by atomic mass is 10.0. The SMILES string of the molecule is CCCCCCCCCCCCCCCCCC(=O)OC(COCCCCCCCCCCC)COP(=O)(O)OCCN. The summed E-state index contributed by atoms with van der Waals surface area (Å²) in [7, 11) is -4.25. The zero-order valence-corrected chi connectivity index (χ0v) is 29.1. The highest BCUT2D eigenvalue weighted by Crippen LogP contribution is 2.43. The maximum Gasteiger partial charge on any atom is 0.472 e. The van der Waals surface area contributed by atoms with Crippen LogP contribution in [0.5, 0.6) is 0 Å². The molecule has 0 bridgehead atoms. The quantitative estimate of drug-likeness (QED) is 0.0401. The van der Waals surface area contributed by atoms with Crippen molar-refractivity contribution in [3.05, 3.63) is 0 Å². The highest BCUT2D eigenvalue weighted by Gasteiger charge is 2.25. The molecule has 43 heavy (non-hydrogen) atoms. The van der Waals surface area contributed by atoms with Gasteiger partial charge in [0.15, 0.2) is 0 Å². The van der Waals surface area contributed by atoms with Gasteiger partial charge in [0.1, 0.15) is 6.10 Å². The van der Waals surface area contributed by atoms with Crippen LogP contribution in [0.4, 0.5) is 0 Å². The lowest BCUT2D eigenvalue weighted by Gasteiger charge is -2.20. The molecule has 0 aromatic rings. The van der Waals surface area contributed by atoms with E-state index >= 15 is 0 Å². The summed E-state index contributed by atoms with van der Waals surface area (Å²) in [6, 6.07) is 0. The number of carbonyl (C=O) groups excluding carboxylic acids is 1. The van der Waals surface area contributed by atoms with Gasteiger partial charge in [0, 0.05) is 19.6 Å². The standard InChI is InChI=1S/C34H70NO7P/c1-3-5-7-9-11-13-14-15-16-17-18-19-21-23-25-27-34(36)42-33(32-41-43(37,38)40-30-28-35)31-39-29-26-24-22-20-12-10-8-6-4-2/h33H,3-32,35H2,1-2H3,(H,37,38). The van der Waals surface area contributed by atoms with Crippen molar-refractivity contribution >= 4 is 13.8 Å². The Labute approximate surface area is 265 Å². The van der Waals surface area contributed by atoms with E-state index in [0.29, 0.717) is 13.0 Å². The first kappa shape index (κ1) is 42.5. The van der Waals surface area contributed by atoms with Crippen molar-refractivity contribution in [1.82, 2.24) is 0 Å². The van der Waals surface area contributed by atoms with E-state index in [2.05, 4.69) is 13.8 Å². The molecule has 2 unspecified atom stereocenters. The second kappa shape index (κ2) is 32.9. The molecule has 0 saturated carbocycles. The van der Waals surface area contributed by atoms with Gasteiger partial charge in [-0.15, -0.1) is 0 Å². The van der Waals surface area contributed by atoms with Crippen molar-refractivity contribution in [2.75, 3.05) is 33.0 Å². The predicted octanol–water partition coefficient (Wildman–Crippen LogP) is 9.80. The average molecular weight is 636 g/mol. The number of hydrogen-bond donors (Lipinski definition) is 2. The van der Waals surface area contributed by atoms with Crippen molar-refractivity contribution in [1.29, 1.82) is 0 Å². The van der Waals surface area contributed by atoms with E-state index in [1.54, 1.807) is 0 Å². The van der Waals surface area contributed by atoms with E-state index in [1.165, 1.54) is 122 Å². The maximum absolute atomic E-state index is 12.5.